The van der Waals surface area contributed by atoms with E-state index in [1.807, 2.05) is 6.07 Å². The molecule has 118 valence electrons. The van der Waals surface area contributed by atoms with Crippen molar-refractivity contribution in [1.82, 2.24) is 4.31 Å². The molecule has 21 heavy (non-hydrogen) atoms. The van der Waals surface area contributed by atoms with Crippen LogP contribution in [0.3, 0.4) is 0 Å². The first-order valence-electron chi connectivity index (χ1n) is 7.00. The Bertz CT molecular complexity index is 681. The standard InChI is InChI=1S/C14H21NO4S2/c1-12(2)21(18,19)15-9-8-14(20(16,17)11-10-15)13-6-4-3-5-7-13/h3-7,12,14H,8-11H2,1-2H3. The van der Waals surface area contributed by atoms with Gasteiger partial charge in [0.2, 0.25) is 10.0 Å². The molecule has 1 aliphatic heterocycles. The molecule has 1 heterocycles. The van der Waals surface area contributed by atoms with Crippen molar-refractivity contribution in [3.05, 3.63) is 35.9 Å². The Hall–Kier alpha value is -0.920. The molecule has 1 atom stereocenters. The normalized spacial score (nSPS) is 23.9. The predicted molar refractivity (Wildman–Crippen MR) is 83.2 cm³/mol. The van der Waals surface area contributed by atoms with Gasteiger partial charge >= 0.3 is 0 Å². The van der Waals surface area contributed by atoms with E-state index in [4.69, 9.17) is 0 Å². The summed E-state index contributed by atoms with van der Waals surface area (Å²) in [4.78, 5) is 0. The van der Waals surface area contributed by atoms with Crippen molar-refractivity contribution < 1.29 is 16.8 Å². The molecule has 0 N–H and O–H groups in total. The van der Waals surface area contributed by atoms with Crippen molar-refractivity contribution in [2.45, 2.75) is 30.8 Å². The summed E-state index contributed by atoms with van der Waals surface area (Å²) in [6.07, 6.45) is 0.304. The van der Waals surface area contributed by atoms with Gasteiger partial charge in [-0.3, -0.25) is 0 Å². The van der Waals surface area contributed by atoms with Crippen molar-refractivity contribution in [3.8, 4) is 0 Å². The van der Waals surface area contributed by atoms with Crippen LogP contribution in [0.1, 0.15) is 31.1 Å². The van der Waals surface area contributed by atoms with Crippen LogP contribution in [0.4, 0.5) is 0 Å². The van der Waals surface area contributed by atoms with E-state index in [1.54, 1.807) is 38.1 Å². The molecule has 1 aromatic carbocycles. The average Bonchev–Trinajstić information content (AvgIpc) is 2.58. The zero-order valence-electron chi connectivity index (χ0n) is 12.3. The summed E-state index contributed by atoms with van der Waals surface area (Å²) in [7, 11) is -6.75. The molecule has 5 nitrogen and oxygen atoms in total. The maximum absolute atomic E-state index is 12.4. The summed E-state index contributed by atoms with van der Waals surface area (Å²) in [5.41, 5.74) is 0.737. The van der Waals surface area contributed by atoms with Crippen LogP contribution in [-0.2, 0) is 19.9 Å². The van der Waals surface area contributed by atoms with Gasteiger partial charge in [0.15, 0.2) is 9.84 Å². The summed E-state index contributed by atoms with van der Waals surface area (Å²) in [6, 6.07) is 9.02. The minimum Gasteiger partial charge on any atom is -0.228 e. The fraction of sp³-hybridized carbons (Fsp3) is 0.571. The van der Waals surface area contributed by atoms with Gasteiger partial charge in [0, 0.05) is 13.1 Å². The van der Waals surface area contributed by atoms with Crippen LogP contribution in [0.2, 0.25) is 0 Å². The maximum atomic E-state index is 12.4. The van der Waals surface area contributed by atoms with Gasteiger partial charge < -0.3 is 0 Å². The predicted octanol–water partition coefficient (Wildman–Crippen LogP) is 1.59. The van der Waals surface area contributed by atoms with Crippen molar-refractivity contribution in [2.24, 2.45) is 0 Å². The molecule has 1 fully saturated rings. The third-order valence-corrected chi connectivity index (χ3v) is 8.23. The van der Waals surface area contributed by atoms with Gasteiger partial charge in [-0.2, -0.15) is 0 Å². The van der Waals surface area contributed by atoms with Gasteiger partial charge in [0.1, 0.15) is 0 Å². The minimum absolute atomic E-state index is 0.0478. The molecule has 0 amide bonds. The Morgan fingerprint density at radius 1 is 1.14 bits per heavy atom. The molecule has 7 heteroatoms. The highest BCUT2D eigenvalue weighted by Gasteiger charge is 2.35. The molecule has 1 unspecified atom stereocenters. The maximum Gasteiger partial charge on any atom is 0.216 e. The first-order chi connectivity index (χ1) is 9.75. The number of hydrogen-bond donors (Lipinski definition) is 0. The summed E-state index contributed by atoms with van der Waals surface area (Å²) < 4.78 is 50.6. The van der Waals surface area contributed by atoms with E-state index in [2.05, 4.69) is 0 Å². The molecule has 0 spiro atoms. The summed E-state index contributed by atoms with van der Waals surface area (Å²) >= 11 is 0. The van der Waals surface area contributed by atoms with Crippen molar-refractivity contribution >= 4 is 19.9 Å². The molecular formula is C14H21NO4S2. The number of hydrogen-bond acceptors (Lipinski definition) is 4. The van der Waals surface area contributed by atoms with E-state index < -0.39 is 30.4 Å². The van der Waals surface area contributed by atoms with E-state index in [1.165, 1.54) is 4.31 Å². The Kier molecular flexibility index (Phi) is 4.75. The van der Waals surface area contributed by atoms with Crippen molar-refractivity contribution in [3.63, 3.8) is 0 Å². The highest BCUT2D eigenvalue weighted by molar-refractivity contribution is 7.92. The van der Waals surface area contributed by atoms with E-state index in [-0.39, 0.29) is 18.8 Å². The smallest absolute Gasteiger partial charge is 0.216 e. The topological polar surface area (TPSA) is 71.5 Å². The fourth-order valence-electron chi connectivity index (χ4n) is 2.52. The molecule has 0 aliphatic carbocycles. The molecule has 1 aliphatic rings. The molecule has 0 aromatic heterocycles. The lowest BCUT2D eigenvalue weighted by Gasteiger charge is -2.21. The minimum atomic E-state index is -3.41. The first kappa shape index (κ1) is 16.5. The fourth-order valence-corrected chi connectivity index (χ4v) is 5.73. The highest BCUT2D eigenvalue weighted by atomic mass is 32.2. The number of benzene rings is 1. The lowest BCUT2D eigenvalue weighted by atomic mass is 10.1. The summed E-state index contributed by atoms with van der Waals surface area (Å²) in [5, 5.41) is -1.15. The summed E-state index contributed by atoms with van der Waals surface area (Å²) in [6.45, 7) is 3.53. The van der Waals surface area contributed by atoms with Crippen LogP contribution in [0, 0.1) is 0 Å². The molecule has 0 radical (unpaired) electrons. The van der Waals surface area contributed by atoms with Crippen molar-refractivity contribution in [1.29, 1.82) is 0 Å². The van der Waals surface area contributed by atoms with Crippen LogP contribution in [-0.4, -0.2) is 45.2 Å². The number of sulfonamides is 1. The lowest BCUT2D eigenvalue weighted by molar-refractivity contribution is 0.422. The van der Waals surface area contributed by atoms with Gasteiger partial charge in [-0.1, -0.05) is 30.3 Å². The van der Waals surface area contributed by atoms with Crippen LogP contribution < -0.4 is 0 Å². The number of sulfone groups is 1. The second-order valence-electron chi connectivity index (χ2n) is 5.55. The highest BCUT2D eigenvalue weighted by Crippen LogP contribution is 2.30. The average molecular weight is 331 g/mol. The number of nitrogens with zero attached hydrogens (tertiary/aromatic N) is 1. The largest absolute Gasteiger partial charge is 0.228 e. The monoisotopic (exact) mass is 331 g/mol. The molecular weight excluding hydrogens is 310 g/mol. The van der Waals surface area contributed by atoms with E-state index in [0.29, 0.717) is 6.42 Å². The van der Waals surface area contributed by atoms with E-state index in [9.17, 15) is 16.8 Å². The van der Waals surface area contributed by atoms with Gasteiger partial charge in [0.25, 0.3) is 0 Å². The lowest BCUT2D eigenvalue weighted by Crippen LogP contribution is -2.38. The zero-order chi connectivity index (χ0) is 15.7. The van der Waals surface area contributed by atoms with Crippen molar-refractivity contribution in [2.75, 3.05) is 18.8 Å². The van der Waals surface area contributed by atoms with Gasteiger partial charge in [-0.05, 0) is 25.8 Å². The Morgan fingerprint density at radius 3 is 2.33 bits per heavy atom. The molecule has 2 rings (SSSR count). The van der Waals surface area contributed by atoms with Crippen LogP contribution in [0.25, 0.3) is 0 Å². The third-order valence-electron chi connectivity index (χ3n) is 3.83. The quantitative estimate of drug-likeness (QED) is 0.843. The number of rotatable bonds is 3. The van der Waals surface area contributed by atoms with Gasteiger partial charge in [0.05, 0.1) is 16.3 Å². The van der Waals surface area contributed by atoms with E-state index >= 15 is 0 Å². The summed E-state index contributed by atoms with van der Waals surface area (Å²) in [5.74, 6) is -0.126. The second kappa shape index (κ2) is 6.06. The second-order valence-corrected chi connectivity index (χ2v) is 10.3. The molecule has 1 aromatic rings. The molecule has 1 saturated heterocycles. The van der Waals surface area contributed by atoms with E-state index in [0.717, 1.165) is 5.56 Å². The zero-order valence-corrected chi connectivity index (χ0v) is 13.9. The Morgan fingerprint density at radius 2 is 1.76 bits per heavy atom. The Balaban J connectivity index is 2.30. The van der Waals surface area contributed by atoms with Gasteiger partial charge in [-0.25, -0.2) is 21.1 Å². The molecule has 0 saturated carbocycles. The third kappa shape index (κ3) is 3.46. The van der Waals surface area contributed by atoms with Crippen LogP contribution >= 0.6 is 0 Å². The van der Waals surface area contributed by atoms with Crippen LogP contribution in [0.5, 0.6) is 0 Å². The van der Waals surface area contributed by atoms with Gasteiger partial charge in [-0.15, -0.1) is 0 Å². The SMILES string of the molecule is CC(C)S(=O)(=O)N1CCC(c2ccccc2)S(=O)(=O)CC1. The molecule has 0 bridgehead atoms. The first-order valence-corrected chi connectivity index (χ1v) is 10.2. The Labute approximate surface area is 126 Å². The van der Waals surface area contributed by atoms with Crippen LogP contribution in [0.15, 0.2) is 30.3 Å².